The summed E-state index contributed by atoms with van der Waals surface area (Å²) in [5.41, 5.74) is -0.527. The molecule has 2 heteroatoms. The minimum Gasteiger partial charge on any atom is -0.469 e. The van der Waals surface area contributed by atoms with E-state index in [9.17, 15) is 5.11 Å². The zero-order chi connectivity index (χ0) is 12.1. The average molecular weight is 236 g/mol. The standard InChI is InChI=1S/C15H24O2/c1-2-5-13-6-3-9-15(16,10-8-13)12-14-7-4-11-17-14/h4,7,11,13,16H,2-3,5-6,8-10,12H2,1H3. The first kappa shape index (κ1) is 12.7. The molecule has 1 aliphatic carbocycles. The largest absolute Gasteiger partial charge is 0.469 e. The summed E-state index contributed by atoms with van der Waals surface area (Å²) in [5.74, 6) is 1.74. The quantitative estimate of drug-likeness (QED) is 0.803. The highest BCUT2D eigenvalue weighted by Gasteiger charge is 2.31. The van der Waals surface area contributed by atoms with Crippen molar-refractivity contribution in [1.82, 2.24) is 0 Å². The molecule has 0 radical (unpaired) electrons. The molecule has 0 spiro atoms. The summed E-state index contributed by atoms with van der Waals surface area (Å²) >= 11 is 0. The van der Waals surface area contributed by atoms with Gasteiger partial charge in [-0.2, -0.15) is 0 Å². The number of aliphatic hydroxyl groups is 1. The minimum absolute atomic E-state index is 0.527. The molecular weight excluding hydrogens is 212 g/mol. The third kappa shape index (κ3) is 3.60. The van der Waals surface area contributed by atoms with Crippen LogP contribution in [0.15, 0.2) is 22.8 Å². The van der Waals surface area contributed by atoms with Gasteiger partial charge in [-0.3, -0.25) is 0 Å². The molecule has 1 aromatic rings. The second-order valence-corrected chi connectivity index (χ2v) is 5.57. The van der Waals surface area contributed by atoms with E-state index in [0.29, 0.717) is 6.42 Å². The van der Waals surface area contributed by atoms with Gasteiger partial charge in [0.1, 0.15) is 5.76 Å². The monoisotopic (exact) mass is 236 g/mol. The molecule has 0 amide bonds. The lowest BCUT2D eigenvalue weighted by Gasteiger charge is -2.25. The molecule has 2 nitrogen and oxygen atoms in total. The summed E-state index contributed by atoms with van der Waals surface area (Å²) < 4.78 is 5.36. The fourth-order valence-corrected chi connectivity index (χ4v) is 3.07. The van der Waals surface area contributed by atoms with Gasteiger partial charge in [-0.15, -0.1) is 0 Å². The molecule has 0 bridgehead atoms. The van der Waals surface area contributed by atoms with Crippen LogP contribution < -0.4 is 0 Å². The highest BCUT2D eigenvalue weighted by atomic mass is 16.3. The van der Waals surface area contributed by atoms with Gasteiger partial charge in [0.15, 0.2) is 0 Å². The number of rotatable bonds is 4. The van der Waals surface area contributed by atoms with Gasteiger partial charge in [0.25, 0.3) is 0 Å². The van der Waals surface area contributed by atoms with Crippen molar-refractivity contribution >= 4 is 0 Å². The molecule has 1 heterocycles. The van der Waals surface area contributed by atoms with E-state index in [1.54, 1.807) is 6.26 Å². The summed E-state index contributed by atoms with van der Waals surface area (Å²) in [6.45, 7) is 2.25. The summed E-state index contributed by atoms with van der Waals surface area (Å²) in [4.78, 5) is 0. The van der Waals surface area contributed by atoms with Gasteiger partial charge in [-0.25, -0.2) is 0 Å². The topological polar surface area (TPSA) is 33.4 Å². The molecule has 0 saturated heterocycles. The lowest BCUT2D eigenvalue weighted by Crippen LogP contribution is -2.30. The third-order valence-corrected chi connectivity index (χ3v) is 4.05. The van der Waals surface area contributed by atoms with Gasteiger partial charge in [0.2, 0.25) is 0 Å². The molecule has 1 saturated carbocycles. The van der Waals surface area contributed by atoms with E-state index in [1.165, 1.54) is 25.7 Å². The maximum absolute atomic E-state index is 10.6. The van der Waals surface area contributed by atoms with Crippen molar-refractivity contribution in [2.24, 2.45) is 5.92 Å². The van der Waals surface area contributed by atoms with Crippen molar-refractivity contribution in [1.29, 1.82) is 0 Å². The summed E-state index contributed by atoms with van der Waals surface area (Å²) in [6.07, 6.45) is 10.4. The van der Waals surface area contributed by atoms with Crippen LogP contribution in [0.25, 0.3) is 0 Å². The van der Waals surface area contributed by atoms with E-state index in [2.05, 4.69) is 6.92 Å². The Bertz CT molecular complexity index is 318. The van der Waals surface area contributed by atoms with Gasteiger partial charge in [-0.05, 0) is 37.3 Å². The zero-order valence-electron chi connectivity index (χ0n) is 10.8. The fraction of sp³-hybridized carbons (Fsp3) is 0.733. The summed E-state index contributed by atoms with van der Waals surface area (Å²) in [6, 6.07) is 3.86. The maximum Gasteiger partial charge on any atom is 0.106 e. The van der Waals surface area contributed by atoms with Gasteiger partial charge in [0, 0.05) is 6.42 Å². The van der Waals surface area contributed by atoms with Crippen molar-refractivity contribution in [2.75, 3.05) is 0 Å². The van der Waals surface area contributed by atoms with Crippen LogP contribution in [-0.4, -0.2) is 10.7 Å². The van der Waals surface area contributed by atoms with Crippen LogP contribution in [0.4, 0.5) is 0 Å². The van der Waals surface area contributed by atoms with Crippen LogP contribution in [0.3, 0.4) is 0 Å². The van der Waals surface area contributed by atoms with Crippen molar-refractivity contribution < 1.29 is 9.52 Å². The van der Waals surface area contributed by atoms with E-state index in [4.69, 9.17) is 4.42 Å². The van der Waals surface area contributed by atoms with Crippen LogP contribution in [0.2, 0.25) is 0 Å². The van der Waals surface area contributed by atoms with E-state index < -0.39 is 5.60 Å². The van der Waals surface area contributed by atoms with Crippen molar-refractivity contribution in [3.63, 3.8) is 0 Å². The second-order valence-electron chi connectivity index (χ2n) is 5.57. The van der Waals surface area contributed by atoms with Crippen molar-refractivity contribution in [3.8, 4) is 0 Å². The van der Waals surface area contributed by atoms with E-state index in [-0.39, 0.29) is 0 Å². The lowest BCUT2D eigenvalue weighted by molar-refractivity contribution is 0.0195. The first-order valence-corrected chi connectivity index (χ1v) is 6.96. The number of hydrogen-bond acceptors (Lipinski definition) is 2. The minimum atomic E-state index is -0.527. The molecule has 1 aliphatic rings. The lowest BCUT2D eigenvalue weighted by atomic mass is 9.89. The van der Waals surface area contributed by atoms with Crippen LogP contribution in [-0.2, 0) is 6.42 Å². The van der Waals surface area contributed by atoms with E-state index in [1.807, 2.05) is 12.1 Å². The highest BCUT2D eigenvalue weighted by Crippen LogP contribution is 2.34. The fourth-order valence-electron chi connectivity index (χ4n) is 3.07. The molecule has 2 unspecified atom stereocenters. The maximum atomic E-state index is 10.6. The average Bonchev–Trinajstić information content (AvgIpc) is 2.72. The Labute approximate surface area is 104 Å². The number of furan rings is 1. The number of hydrogen-bond donors (Lipinski definition) is 1. The van der Waals surface area contributed by atoms with Crippen LogP contribution in [0, 0.1) is 5.92 Å². The van der Waals surface area contributed by atoms with Crippen LogP contribution >= 0.6 is 0 Å². The van der Waals surface area contributed by atoms with E-state index >= 15 is 0 Å². The highest BCUT2D eigenvalue weighted by molar-refractivity contribution is 5.03. The first-order chi connectivity index (χ1) is 8.22. The Morgan fingerprint density at radius 3 is 3.00 bits per heavy atom. The van der Waals surface area contributed by atoms with Crippen molar-refractivity contribution in [3.05, 3.63) is 24.2 Å². The third-order valence-electron chi connectivity index (χ3n) is 4.05. The van der Waals surface area contributed by atoms with Crippen molar-refractivity contribution in [2.45, 2.75) is 63.9 Å². The summed E-state index contributed by atoms with van der Waals surface area (Å²) in [5, 5.41) is 10.6. The first-order valence-electron chi connectivity index (χ1n) is 6.96. The van der Waals surface area contributed by atoms with Crippen LogP contribution in [0.1, 0.15) is 57.6 Å². The Hall–Kier alpha value is -0.760. The van der Waals surface area contributed by atoms with Crippen LogP contribution in [0.5, 0.6) is 0 Å². The molecule has 1 fully saturated rings. The van der Waals surface area contributed by atoms with Gasteiger partial charge in [-0.1, -0.05) is 32.6 Å². The smallest absolute Gasteiger partial charge is 0.106 e. The molecule has 96 valence electrons. The molecular formula is C15H24O2. The molecule has 17 heavy (non-hydrogen) atoms. The molecule has 2 atom stereocenters. The molecule has 1 aromatic heterocycles. The predicted molar refractivity (Wildman–Crippen MR) is 68.8 cm³/mol. The van der Waals surface area contributed by atoms with E-state index in [0.717, 1.165) is 30.9 Å². The Morgan fingerprint density at radius 2 is 2.29 bits per heavy atom. The molecule has 1 N–H and O–H groups in total. The SMILES string of the molecule is CCCC1CCCC(O)(Cc2ccco2)CC1. The summed E-state index contributed by atoms with van der Waals surface area (Å²) in [7, 11) is 0. The van der Waals surface area contributed by atoms with Gasteiger partial charge in [0.05, 0.1) is 11.9 Å². The second kappa shape index (κ2) is 5.72. The molecule has 0 aliphatic heterocycles. The predicted octanol–water partition coefficient (Wildman–Crippen LogP) is 3.93. The molecule has 2 rings (SSSR count). The zero-order valence-corrected chi connectivity index (χ0v) is 10.8. The molecule has 0 aromatic carbocycles. The van der Waals surface area contributed by atoms with Gasteiger partial charge >= 0.3 is 0 Å². The van der Waals surface area contributed by atoms with Gasteiger partial charge < -0.3 is 9.52 Å². The Morgan fingerprint density at radius 1 is 1.41 bits per heavy atom. The Balaban J connectivity index is 1.92. The normalized spacial score (nSPS) is 30.1. The Kier molecular flexibility index (Phi) is 4.27.